The Kier molecular flexibility index (Phi) is 4.95. The summed E-state index contributed by atoms with van der Waals surface area (Å²) >= 11 is 0. The second kappa shape index (κ2) is 8.17. The Balaban J connectivity index is 1.63. The van der Waals surface area contributed by atoms with Crippen LogP contribution in [0.4, 0.5) is 10.2 Å². The van der Waals surface area contributed by atoms with Gasteiger partial charge in [-0.15, -0.1) is 5.10 Å². The highest BCUT2D eigenvalue weighted by molar-refractivity contribution is 5.89. The lowest BCUT2D eigenvalue weighted by molar-refractivity contribution is 0.445. The number of rotatable bonds is 3. The quantitative estimate of drug-likeness (QED) is 0.386. The molecule has 1 aliphatic heterocycles. The maximum Gasteiger partial charge on any atom is 0.181 e. The molecule has 2 aromatic carbocycles. The van der Waals surface area contributed by atoms with Crippen molar-refractivity contribution in [1.82, 2.24) is 29.4 Å². The number of benzene rings is 2. The first kappa shape index (κ1) is 21.2. The van der Waals surface area contributed by atoms with Crippen molar-refractivity contribution < 1.29 is 4.39 Å². The van der Waals surface area contributed by atoms with E-state index >= 15 is 4.39 Å². The SMILES string of the molecule is C[C@@H]1CCCN(c2nccn3c(-c4cc5nnn(C)c5cc4F)c(-c4ccc(C#N)cc4)nc23)C1. The van der Waals surface area contributed by atoms with E-state index in [0.717, 1.165) is 30.9 Å². The first-order valence-corrected chi connectivity index (χ1v) is 11.7. The largest absolute Gasteiger partial charge is 0.353 e. The van der Waals surface area contributed by atoms with Crippen LogP contribution in [0.5, 0.6) is 0 Å². The Bertz CT molecular complexity index is 1610. The molecule has 1 fully saturated rings. The van der Waals surface area contributed by atoms with E-state index < -0.39 is 0 Å². The zero-order valence-corrected chi connectivity index (χ0v) is 19.5. The van der Waals surface area contributed by atoms with Crippen LogP contribution in [-0.4, -0.2) is 42.5 Å². The molecule has 6 rings (SSSR count). The molecule has 35 heavy (non-hydrogen) atoms. The molecule has 1 atom stereocenters. The number of aryl methyl sites for hydroxylation is 1. The summed E-state index contributed by atoms with van der Waals surface area (Å²) in [6, 6.07) is 12.5. The Labute approximate surface area is 201 Å². The lowest BCUT2D eigenvalue weighted by Gasteiger charge is -2.31. The molecule has 0 amide bonds. The van der Waals surface area contributed by atoms with Crippen LogP contribution >= 0.6 is 0 Å². The average molecular weight is 467 g/mol. The fourth-order valence-electron chi connectivity index (χ4n) is 4.97. The van der Waals surface area contributed by atoms with Gasteiger partial charge in [0.2, 0.25) is 0 Å². The van der Waals surface area contributed by atoms with Crippen LogP contribution in [0.2, 0.25) is 0 Å². The lowest BCUT2D eigenvalue weighted by Crippen LogP contribution is -2.35. The summed E-state index contributed by atoms with van der Waals surface area (Å²) in [5, 5.41) is 17.5. The summed E-state index contributed by atoms with van der Waals surface area (Å²) in [6.45, 7) is 4.06. The smallest absolute Gasteiger partial charge is 0.181 e. The van der Waals surface area contributed by atoms with Crippen LogP contribution in [0.3, 0.4) is 0 Å². The number of fused-ring (bicyclic) bond motifs is 2. The van der Waals surface area contributed by atoms with Crippen molar-refractivity contribution in [3.05, 3.63) is 60.2 Å². The van der Waals surface area contributed by atoms with Gasteiger partial charge in [-0.2, -0.15) is 5.26 Å². The fraction of sp³-hybridized carbons (Fsp3) is 0.269. The minimum absolute atomic E-state index is 0.383. The zero-order valence-electron chi connectivity index (χ0n) is 19.5. The third-order valence-corrected chi connectivity index (χ3v) is 6.72. The van der Waals surface area contributed by atoms with E-state index in [-0.39, 0.29) is 5.82 Å². The summed E-state index contributed by atoms with van der Waals surface area (Å²) in [7, 11) is 1.74. The van der Waals surface area contributed by atoms with Crippen molar-refractivity contribution in [3.63, 3.8) is 0 Å². The first-order valence-electron chi connectivity index (χ1n) is 11.7. The van der Waals surface area contributed by atoms with Crippen LogP contribution < -0.4 is 4.90 Å². The molecule has 9 heteroatoms. The van der Waals surface area contributed by atoms with E-state index in [1.54, 1.807) is 36.1 Å². The first-order chi connectivity index (χ1) is 17.0. The van der Waals surface area contributed by atoms with Gasteiger partial charge < -0.3 is 4.90 Å². The molecular weight excluding hydrogens is 443 g/mol. The van der Waals surface area contributed by atoms with E-state index in [0.29, 0.717) is 45.1 Å². The van der Waals surface area contributed by atoms with Crippen molar-refractivity contribution in [2.75, 3.05) is 18.0 Å². The van der Waals surface area contributed by atoms with Gasteiger partial charge >= 0.3 is 0 Å². The molecule has 8 nitrogen and oxygen atoms in total. The van der Waals surface area contributed by atoms with E-state index in [4.69, 9.17) is 4.98 Å². The van der Waals surface area contributed by atoms with E-state index in [1.165, 1.54) is 12.5 Å². The van der Waals surface area contributed by atoms with E-state index in [1.807, 2.05) is 22.7 Å². The third kappa shape index (κ3) is 3.49. The van der Waals surface area contributed by atoms with Gasteiger partial charge in [-0.1, -0.05) is 24.3 Å². The lowest BCUT2D eigenvalue weighted by atomic mass is 10.0. The number of aromatic nitrogens is 6. The molecule has 0 saturated carbocycles. The van der Waals surface area contributed by atoms with Crippen molar-refractivity contribution in [1.29, 1.82) is 5.26 Å². The van der Waals surface area contributed by atoms with Crippen LogP contribution in [0, 0.1) is 23.1 Å². The summed E-state index contributed by atoms with van der Waals surface area (Å²) in [5.74, 6) is 0.973. The Morgan fingerprint density at radius 2 is 2.00 bits per heavy atom. The maximum absolute atomic E-state index is 15.6. The summed E-state index contributed by atoms with van der Waals surface area (Å²) in [6.07, 6.45) is 5.85. The monoisotopic (exact) mass is 466 g/mol. The molecule has 0 N–H and O–H groups in total. The standard InChI is InChI=1S/C26H23FN8/c1-16-4-3-10-34(15-16)25-26-30-23(18-7-5-17(14-28)6-8-18)24(35(26)11-9-29-25)19-12-21-22(13-20(19)27)33(2)32-31-21/h5-9,11-13,16H,3-4,10,15H2,1-2H3/t16-/m1/s1. The molecule has 1 aliphatic rings. The van der Waals surface area contributed by atoms with Crippen LogP contribution in [0.25, 0.3) is 39.2 Å². The molecule has 0 spiro atoms. The summed E-state index contributed by atoms with van der Waals surface area (Å²) in [4.78, 5) is 12.0. The Morgan fingerprint density at radius 3 is 2.77 bits per heavy atom. The molecular formula is C26H23FN8. The topological polar surface area (TPSA) is 87.9 Å². The normalized spacial score (nSPS) is 16.2. The summed E-state index contributed by atoms with van der Waals surface area (Å²) < 4.78 is 19.1. The highest BCUT2D eigenvalue weighted by Gasteiger charge is 2.25. The van der Waals surface area contributed by atoms with Gasteiger partial charge in [-0.3, -0.25) is 4.40 Å². The number of anilines is 1. The number of nitriles is 1. The van der Waals surface area contributed by atoms with Crippen molar-refractivity contribution in [2.24, 2.45) is 13.0 Å². The maximum atomic E-state index is 15.6. The molecule has 0 radical (unpaired) electrons. The molecule has 174 valence electrons. The van der Waals surface area contributed by atoms with Gasteiger partial charge in [0.1, 0.15) is 11.3 Å². The number of halogens is 1. The minimum atomic E-state index is -0.385. The van der Waals surface area contributed by atoms with E-state index in [9.17, 15) is 5.26 Å². The number of piperidine rings is 1. The fourth-order valence-corrected chi connectivity index (χ4v) is 4.97. The molecule has 0 aliphatic carbocycles. The number of nitrogens with zero attached hydrogens (tertiary/aromatic N) is 8. The Morgan fingerprint density at radius 1 is 1.17 bits per heavy atom. The highest BCUT2D eigenvalue weighted by Crippen LogP contribution is 2.38. The highest BCUT2D eigenvalue weighted by atomic mass is 19.1. The zero-order chi connectivity index (χ0) is 24.1. The van der Waals surface area contributed by atoms with Gasteiger partial charge in [-0.05, 0) is 37.0 Å². The number of imidazole rings is 1. The van der Waals surface area contributed by atoms with Crippen LogP contribution in [-0.2, 0) is 7.05 Å². The predicted octanol–water partition coefficient (Wildman–Crippen LogP) is 4.59. The molecule has 5 aromatic rings. The van der Waals surface area contributed by atoms with Gasteiger partial charge in [0.15, 0.2) is 11.5 Å². The second-order valence-corrected chi connectivity index (χ2v) is 9.17. The van der Waals surface area contributed by atoms with Crippen molar-refractivity contribution in [2.45, 2.75) is 19.8 Å². The molecule has 1 saturated heterocycles. The van der Waals surface area contributed by atoms with Gasteiger partial charge in [0.25, 0.3) is 0 Å². The summed E-state index contributed by atoms with van der Waals surface area (Å²) in [5.41, 5.74) is 4.85. The predicted molar refractivity (Wildman–Crippen MR) is 131 cm³/mol. The molecule has 3 aromatic heterocycles. The van der Waals surface area contributed by atoms with Gasteiger partial charge in [-0.25, -0.2) is 19.0 Å². The van der Waals surface area contributed by atoms with Crippen molar-refractivity contribution >= 4 is 22.5 Å². The van der Waals surface area contributed by atoms with Crippen LogP contribution in [0.15, 0.2) is 48.8 Å². The van der Waals surface area contributed by atoms with Gasteiger partial charge in [0, 0.05) is 49.7 Å². The number of hydrogen-bond donors (Lipinski definition) is 0. The van der Waals surface area contributed by atoms with Gasteiger partial charge in [0.05, 0.1) is 28.5 Å². The third-order valence-electron chi connectivity index (χ3n) is 6.72. The molecule has 4 heterocycles. The van der Waals surface area contributed by atoms with Crippen molar-refractivity contribution in [3.8, 4) is 28.6 Å². The number of hydrogen-bond acceptors (Lipinski definition) is 6. The second-order valence-electron chi connectivity index (χ2n) is 9.17. The van der Waals surface area contributed by atoms with Crippen LogP contribution in [0.1, 0.15) is 25.3 Å². The molecule has 0 bridgehead atoms. The average Bonchev–Trinajstić information content (AvgIpc) is 3.44. The Hall–Kier alpha value is -4.32. The minimum Gasteiger partial charge on any atom is -0.353 e. The van der Waals surface area contributed by atoms with E-state index in [2.05, 4.69) is 33.2 Å². The molecule has 0 unspecified atom stereocenters.